The summed E-state index contributed by atoms with van der Waals surface area (Å²) in [7, 11) is 0. The number of benzene rings is 3. The van der Waals surface area contributed by atoms with E-state index in [0.29, 0.717) is 12.2 Å². The summed E-state index contributed by atoms with van der Waals surface area (Å²) in [6.45, 7) is 4.87. The van der Waals surface area contributed by atoms with E-state index in [1.807, 2.05) is 61.5 Å². The number of carbonyl (C=O) groups excluding carboxylic acids is 1. The summed E-state index contributed by atoms with van der Waals surface area (Å²) in [5, 5.41) is 5.09. The second-order valence-corrected chi connectivity index (χ2v) is 6.82. The molecule has 1 N–H and O–H groups in total. The van der Waals surface area contributed by atoms with Crippen LogP contribution in [0.15, 0.2) is 60.7 Å². The Kier molecular flexibility index (Phi) is 6.48. The van der Waals surface area contributed by atoms with Crippen molar-refractivity contribution in [2.45, 2.75) is 39.5 Å². The minimum absolute atomic E-state index is 0.111. The molecule has 0 aliphatic carbocycles. The van der Waals surface area contributed by atoms with Gasteiger partial charge in [0.2, 0.25) is 0 Å². The lowest BCUT2D eigenvalue weighted by atomic mass is 9.98. The lowest BCUT2D eigenvalue weighted by Gasteiger charge is -2.15. The van der Waals surface area contributed by atoms with Crippen LogP contribution in [0.1, 0.15) is 48.5 Å². The fourth-order valence-electron chi connectivity index (χ4n) is 3.27. The number of unbranched alkanes of at least 4 members (excludes halogenated alkanes) is 3. The van der Waals surface area contributed by atoms with Crippen LogP contribution < -0.4 is 10.1 Å². The number of hydrogen-bond donors (Lipinski definition) is 1. The first-order chi connectivity index (χ1) is 13.2. The quantitative estimate of drug-likeness (QED) is 0.474. The van der Waals surface area contributed by atoms with Crippen LogP contribution in [0.2, 0.25) is 0 Å². The SMILES string of the molecule is CCCCCCOc1cc(C(=O)Nc2ccccc2)c(C)c2ccccc12. The maximum absolute atomic E-state index is 12.9. The summed E-state index contributed by atoms with van der Waals surface area (Å²) < 4.78 is 6.08. The summed E-state index contributed by atoms with van der Waals surface area (Å²) >= 11 is 0. The zero-order valence-electron chi connectivity index (χ0n) is 16.1. The molecule has 0 spiro atoms. The number of ether oxygens (including phenoxy) is 1. The third-order valence-corrected chi connectivity index (χ3v) is 4.81. The number of aryl methyl sites for hydroxylation is 1. The zero-order valence-corrected chi connectivity index (χ0v) is 16.1. The molecule has 1 amide bonds. The number of rotatable bonds is 8. The van der Waals surface area contributed by atoms with E-state index in [1.165, 1.54) is 19.3 Å². The number of anilines is 1. The van der Waals surface area contributed by atoms with Gasteiger partial charge in [-0.2, -0.15) is 0 Å². The summed E-state index contributed by atoms with van der Waals surface area (Å²) in [5.74, 6) is 0.672. The number of fused-ring (bicyclic) bond motifs is 1. The van der Waals surface area contributed by atoms with Crippen LogP contribution in [-0.2, 0) is 0 Å². The highest BCUT2D eigenvalue weighted by Gasteiger charge is 2.16. The monoisotopic (exact) mass is 361 g/mol. The number of hydrogen-bond acceptors (Lipinski definition) is 2. The molecule has 0 unspecified atom stereocenters. The van der Waals surface area contributed by atoms with Gasteiger partial charge in [-0.1, -0.05) is 68.7 Å². The first kappa shape index (κ1) is 19.0. The van der Waals surface area contributed by atoms with Gasteiger partial charge >= 0.3 is 0 Å². The first-order valence-corrected chi connectivity index (χ1v) is 9.72. The van der Waals surface area contributed by atoms with Crippen LogP contribution in [0.25, 0.3) is 10.8 Å². The van der Waals surface area contributed by atoms with Gasteiger partial charge in [0.15, 0.2) is 0 Å². The summed E-state index contributed by atoms with van der Waals surface area (Å²) in [6.07, 6.45) is 4.63. The van der Waals surface area contributed by atoms with Crippen LogP contribution in [0.5, 0.6) is 5.75 Å². The Hall–Kier alpha value is -2.81. The molecule has 0 aliphatic heterocycles. The molecule has 3 aromatic carbocycles. The Morgan fingerprint density at radius 1 is 0.926 bits per heavy atom. The predicted molar refractivity (Wildman–Crippen MR) is 113 cm³/mol. The van der Waals surface area contributed by atoms with Crippen LogP contribution in [0, 0.1) is 6.92 Å². The van der Waals surface area contributed by atoms with E-state index in [4.69, 9.17) is 4.74 Å². The maximum atomic E-state index is 12.9. The average molecular weight is 361 g/mol. The van der Waals surface area contributed by atoms with Gasteiger partial charge in [-0.05, 0) is 42.5 Å². The van der Waals surface area contributed by atoms with Crippen molar-refractivity contribution < 1.29 is 9.53 Å². The van der Waals surface area contributed by atoms with Gasteiger partial charge in [0.05, 0.1) is 6.61 Å². The van der Waals surface area contributed by atoms with Crippen molar-refractivity contribution >= 4 is 22.4 Å². The highest BCUT2D eigenvalue weighted by Crippen LogP contribution is 2.32. The van der Waals surface area contributed by atoms with E-state index in [2.05, 4.69) is 18.3 Å². The predicted octanol–water partition coefficient (Wildman–Crippen LogP) is 6.36. The molecule has 27 heavy (non-hydrogen) atoms. The Balaban J connectivity index is 1.88. The highest BCUT2D eigenvalue weighted by molar-refractivity contribution is 6.09. The normalized spacial score (nSPS) is 10.7. The Labute approximate surface area is 161 Å². The highest BCUT2D eigenvalue weighted by atomic mass is 16.5. The molecular formula is C24H27NO2. The zero-order chi connectivity index (χ0) is 19.1. The van der Waals surface area contributed by atoms with E-state index in [9.17, 15) is 4.79 Å². The van der Waals surface area contributed by atoms with Gasteiger partial charge in [0, 0.05) is 16.6 Å². The van der Waals surface area contributed by atoms with Gasteiger partial charge in [-0.25, -0.2) is 0 Å². The van der Waals surface area contributed by atoms with E-state index >= 15 is 0 Å². The van der Waals surface area contributed by atoms with Gasteiger partial charge < -0.3 is 10.1 Å². The van der Waals surface area contributed by atoms with Crippen molar-refractivity contribution in [3.63, 3.8) is 0 Å². The molecule has 0 saturated carbocycles. The molecule has 0 heterocycles. The minimum atomic E-state index is -0.111. The lowest BCUT2D eigenvalue weighted by molar-refractivity contribution is 0.102. The van der Waals surface area contributed by atoms with Crippen LogP contribution in [-0.4, -0.2) is 12.5 Å². The first-order valence-electron chi connectivity index (χ1n) is 9.72. The Bertz CT molecular complexity index is 903. The second-order valence-electron chi connectivity index (χ2n) is 6.82. The number of carbonyl (C=O) groups is 1. The van der Waals surface area contributed by atoms with Gasteiger partial charge in [0.1, 0.15) is 5.75 Å². The Morgan fingerprint density at radius 3 is 2.37 bits per heavy atom. The topological polar surface area (TPSA) is 38.3 Å². The van der Waals surface area contributed by atoms with E-state index in [-0.39, 0.29) is 5.91 Å². The molecule has 3 heteroatoms. The van der Waals surface area contributed by atoms with Crippen LogP contribution in [0.4, 0.5) is 5.69 Å². The van der Waals surface area contributed by atoms with Crippen LogP contribution in [0.3, 0.4) is 0 Å². The molecule has 0 atom stereocenters. The molecule has 0 bridgehead atoms. The minimum Gasteiger partial charge on any atom is -0.493 e. The molecule has 3 nitrogen and oxygen atoms in total. The van der Waals surface area contributed by atoms with Crippen molar-refractivity contribution in [2.24, 2.45) is 0 Å². The van der Waals surface area contributed by atoms with Crippen molar-refractivity contribution in [2.75, 3.05) is 11.9 Å². The molecule has 0 radical (unpaired) electrons. The molecular weight excluding hydrogens is 334 g/mol. The molecule has 3 aromatic rings. The average Bonchev–Trinajstić information content (AvgIpc) is 2.70. The van der Waals surface area contributed by atoms with Crippen molar-refractivity contribution in [3.05, 3.63) is 71.8 Å². The van der Waals surface area contributed by atoms with Crippen molar-refractivity contribution in [1.82, 2.24) is 0 Å². The molecule has 0 saturated heterocycles. The van der Waals surface area contributed by atoms with Gasteiger partial charge in [0.25, 0.3) is 5.91 Å². The van der Waals surface area contributed by atoms with Crippen LogP contribution >= 0.6 is 0 Å². The molecule has 0 aromatic heterocycles. The third kappa shape index (κ3) is 4.68. The number of nitrogens with one attached hydrogen (secondary N) is 1. The fourth-order valence-corrected chi connectivity index (χ4v) is 3.27. The standard InChI is InChI=1S/C24H27NO2/c1-3-4-5-11-16-27-23-17-22(18(2)20-14-9-10-15-21(20)23)24(26)25-19-12-7-6-8-13-19/h6-10,12-15,17H,3-5,11,16H2,1-2H3,(H,25,26). The Morgan fingerprint density at radius 2 is 1.63 bits per heavy atom. The third-order valence-electron chi connectivity index (χ3n) is 4.81. The lowest BCUT2D eigenvalue weighted by Crippen LogP contribution is -2.14. The second kappa shape index (κ2) is 9.22. The largest absolute Gasteiger partial charge is 0.493 e. The molecule has 0 fully saturated rings. The molecule has 0 aliphatic rings. The van der Waals surface area contributed by atoms with Gasteiger partial charge in [-0.15, -0.1) is 0 Å². The number of amides is 1. The van der Waals surface area contributed by atoms with E-state index in [1.54, 1.807) is 0 Å². The van der Waals surface area contributed by atoms with E-state index < -0.39 is 0 Å². The van der Waals surface area contributed by atoms with Crippen molar-refractivity contribution in [1.29, 1.82) is 0 Å². The number of para-hydroxylation sites is 1. The van der Waals surface area contributed by atoms with E-state index in [0.717, 1.165) is 34.2 Å². The molecule has 3 rings (SSSR count). The molecule has 140 valence electrons. The van der Waals surface area contributed by atoms with Crippen molar-refractivity contribution in [3.8, 4) is 5.75 Å². The summed E-state index contributed by atoms with van der Waals surface area (Å²) in [6, 6.07) is 19.5. The fraction of sp³-hybridized carbons (Fsp3) is 0.292. The van der Waals surface area contributed by atoms with Gasteiger partial charge in [-0.3, -0.25) is 4.79 Å². The summed E-state index contributed by atoms with van der Waals surface area (Å²) in [5.41, 5.74) is 2.41. The maximum Gasteiger partial charge on any atom is 0.256 e. The smallest absolute Gasteiger partial charge is 0.256 e. The summed E-state index contributed by atoms with van der Waals surface area (Å²) in [4.78, 5) is 12.9.